The first-order chi connectivity index (χ1) is 9.76. The number of aromatic nitrogens is 3. The Morgan fingerprint density at radius 3 is 2.70 bits per heavy atom. The smallest absolute Gasteiger partial charge is 0.213 e. The Hall–Kier alpha value is -2.21. The molecule has 6 heteroatoms. The first kappa shape index (κ1) is 12.8. The van der Waals surface area contributed by atoms with Crippen LogP contribution in [0.4, 0.5) is 0 Å². The van der Waals surface area contributed by atoms with Gasteiger partial charge in [0.15, 0.2) is 6.29 Å². The third-order valence-electron chi connectivity index (χ3n) is 3.06. The number of ether oxygens (including phenoxy) is 1. The van der Waals surface area contributed by atoms with Crippen molar-refractivity contribution in [1.29, 1.82) is 0 Å². The maximum Gasteiger partial charge on any atom is 0.213 e. The molecule has 0 saturated heterocycles. The van der Waals surface area contributed by atoms with Gasteiger partial charge in [-0.05, 0) is 30.7 Å². The fourth-order valence-corrected chi connectivity index (χ4v) is 2.85. The molecule has 0 aliphatic carbocycles. The quantitative estimate of drug-likeness (QED) is 0.692. The van der Waals surface area contributed by atoms with E-state index >= 15 is 0 Å². The molecule has 2 aromatic heterocycles. The summed E-state index contributed by atoms with van der Waals surface area (Å²) in [6, 6.07) is 7.47. The summed E-state index contributed by atoms with van der Waals surface area (Å²) < 4.78 is 6.75. The Morgan fingerprint density at radius 1 is 1.35 bits per heavy atom. The lowest BCUT2D eigenvalue weighted by atomic mass is 10.1. The highest BCUT2D eigenvalue weighted by Crippen LogP contribution is 2.27. The second kappa shape index (κ2) is 5.05. The van der Waals surface area contributed by atoms with Crippen LogP contribution >= 0.6 is 11.3 Å². The Bertz CT molecular complexity index is 759. The van der Waals surface area contributed by atoms with Crippen molar-refractivity contribution >= 4 is 22.6 Å². The lowest BCUT2D eigenvalue weighted by molar-refractivity contribution is 0.111. The van der Waals surface area contributed by atoms with Crippen molar-refractivity contribution in [2.75, 3.05) is 7.11 Å². The standard InChI is InChI=1S/C14H13N3O2S/c1-3-12-16-17-11(8-18)13(15-14(17)20-12)9-4-6-10(19-2)7-5-9/h4-8H,3H2,1-2H3. The molecule has 0 radical (unpaired) electrons. The first-order valence-electron chi connectivity index (χ1n) is 6.25. The fraction of sp³-hybridized carbons (Fsp3) is 0.214. The minimum Gasteiger partial charge on any atom is -0.497 e. The molecule has 0 atom stereocenters. The highest BCUT2D eigenvalue weighted by molar-refractivity contribution is 7.16. The minimum absolute atomic E-state index is 0.487. The maximum atomic E-state index is 11.4. The highest BCUT2D eigenvalue weighted by atomic mass is 32.1. The van der Waals surface area contributed by atoms with E-state index in [2.05, 4.69) is 10.1 Å². The number of aryl methyl sites for hydroxylation is 1. The van der Waals surface area contributed by atoms with Crippen LogP contribution in [-0.4, -0.2) is 28.0 Å². The molecule has 1 aromatic carbocycles. The third kappa shape index (κ3) is 1.98. The highest BCUT2D eigenvalue weighted by Gasteiger charge is 2.17. The minimum atomic E-state index is 0.487. The number of rotatable bonds is 4. The maximum absolute atomic E-state index is 11.4. The summed E-state index contributed by atoms with van der Waals surface area (Å²) in [7, 11) is 1.62. The number of carbonyl (C=O) groups is 1. The number of nitrogens with zero attached hydrogens (tertiary/aromatic N) is 3. The lowest BCUT2D eigenvalue weighted by Gasteiger charge is -2.01. The van der Waals surface area contributed by atoms with Crippen LogP contribution in [-0.2, 0) is 6.42 Å². The molecule has 102 valence electrons. The zero-order valence-electron chi connectivity index (χ0n) is 11.2. The molecule has 0 amide bonds. The molecule has 0 fully saturated rings. The molecule has 5 nitrogen and oxygen atoms in total. The summed E-state index contributed by atoms with van der Waals surface area (Å²) in [6.45, 7) is 2.03. The number of aldehydes is 1. The summed E-state index contributed by atoms with van der Waals surface area (Å²) in [4.78, 5) is 16.6. The van der Waals surface area contributed by atoms with E-state index in [0.717, 1.165) is 34.0 Å². The number of fused-ring (bicyclic) bond motifs is 1. The Labute approximate surface area is 119 Å². The van der Waals surface area contributed by atoms with Crippen LogP contribution in [0.25, 0.3) is 16.2 Å². The van der Waals surface area contributed by atoms with Crippen molar-refractivity contribution in [2.45, 2.75) is 13.3 Å². The largest absolute Gasteiger partial charge is 0.497 e. The topological polar surface area (TPSA) is 56.5 Å². The molecule has 0 saturated carbocycles. The van der Waals surface area contributed by atoms with E-state index in [1.54, 1.807) is 11.6 Å². The van der Waals surface area contributed by atoms with E-state index in [4.69, 9.17) is 4.74 Å². The molecule has 20 heavy (non-hydrogen) atoms. The van der Waals surface area contributed by atoms with Gasteiger partial charge in [0.25, 0.3) is 0 Å². The van der Waals surface area contributed by atoms with Gasteiger partial charge in [-0.2, -0.15) is 9.61 Å². The van der Waals surface area contributed by atoms with Gasteiger partial charge in [0.1, 0.15) is 22.1 Å². The van der Waals surface area contributed by atoms with Crippen molar-refractivity contribution in [3.63, 3.8) is 0 Å². The molecule has 2 heterocycles. The van der Waals surface area contributed by atoms with E-state index in [9.17, 15) is 4.79 Å². The normalized spacial score (nSPS) is 10.9. The Morgan fingerprint density at radius 2 is 2.10 bits per heavy atom. The Kier molecular flexibility index (Phi) is 3.23. The number of hydrogen-bond acceptors (Lipinski definition) is 5. The van der Waals surface area contributed by atoms with Crippen molar-refractivity contribution in [1.82, 2.24) is 14.6 Å². The summed E-state index contributed by atoms with van der Waals surface area (Å²) in [6.07, 6.45) is 1.64. The fourth-order valence-electron chi connectivity index (χ4n) is 2.01. The van der Waals surface area contributed by atoms with Crippen molar-refractivity contribution in [2.24, 2.45) is 0 Å². The van der Waals surface area contributed by atoms with E-state index in [-0.39, 0.29) is 0 Å². The van der Waals surface area contributed by atoms with Gasteiger partial charge in [-0.1, -0.05) is 18.3 Å². The first-order valence-corrected chi connectivity index (χ1v) is 7.06. The van der Waals surface area contributed by atoms with Gasteiger partial charge in [0.2, 0.25) is 4.96 Å². The van der Waals surface area contributed by atoms with Crippen LogP contribution in [0.2, 0.25) is 0 Å². The van der Waals surface area contributed by atoms with Crippen molar-refractivity contribution in [3.8, 4) is 17.0 Å². The average molecular weight is 287 g/mol. The number of methoxy groups -OCH3 is 1. The van der Waals surface area contributed by atoms with Crippen LogP contribution in [0.3, 0.4) is 0 Å². The number of imidazole rings is 1. The van der Waals surface area contributed by atoms with Crippen LogP contribution in [0.15, 0.2) is 24.3 Å². The molecule has 0 spiro atoms. The second-order valence-corrected chi connectivity index (χ2v) is 5.28. The molecule has 0 unspecified atom stereocenters. The van der Waals surface area contributed by atoms with E-state index in [0.29, 0.717) is 11.4 Å². The molecule has 0 N–H and O–H groups in total. The van der Waals surface area contributed by atoms with Crippen molar-refractivity contribution in [3.05, 3.63) is 35.0 Å². The predicted octanol–water partition coefficient (Wildman–Crippen LogP) is 2.84. The number of carbonyl (C=O) groups excluding carboxylic acids is 1. The van der Waals surface area contributed by atoms with Crippen LogP contribution in [0.1, 0.15) is 22.4 Å². The molecule has 3 aromatic rings. The van der Waals surface area contributed by atoms with Gasteiger partial charge in [-0.25, -0.2) is 4.98 Å². The van der Waals surface area contributed by atoms with Crippen LogP contribution < -0.4 is 4.74 Å². The van der Waals surface area contributed by atoms with Gasteiger partial charge in [-0.15, -0.1) is 0 Å². The molecule has 0 bridgehead atoms. The van der Waals surface area contributed by atoms with Gasteiger partial charge in [0.05, 0.1) is 7.11 Å². The zero-order chi connectivity index (χ0) is 14.1. The summed E-state index contributed by atoms with van der Waals surface area (Å²) >= 11 is 1.51. The second-order valence-electron chi connectivity index (χ2n) is 4.24. The van der Waals surface area contributed by atoms with Crippen molar-refractivity contribution < 1.29 is 9.53 Å². The van der Waals surface area contributed by atoms with E-state index in [1.807, 2.05) is 31.2 Å². The third-order valence-corrected chi connectivity index (χ3v) is 4.11. The molecule has 0 aliphatic rings. The monoisotopic (exact) mass is 287 g/mol. The molecular weight excluding hydrogens is 274 g/mol. The van der Waals surface area contributed by atoms with Gasteiger partial charge in [0, 0.05) is 5.56 Å². The Balaban J connectivity index is 2.14. The van der Waals surface area contributed by atoms with Gasteiger partial charge < -0.3 is 4.74 Å². The molecule has 0 aliphatic heterocycles. The molecule has 3 rings (SSSR count). The van der Waals surface area contributed by atoms with Crippen LogP contribution in [0.5, 0.6) is 5.75 Å². The predicted molar refractivity (Wildman–Crippen MR) is 77.6 cm³/mol. The molecular formula is C14H13N3O2S. The average Bonchev–Trinajstić information content (AvgIpc) is 3.04. The number of benzene rings is 1. The van der Waals surface area contributed by atoms with Gasteiger partial charge >= 0.3 is 0 Å². The van der Waals surface area contributed by atoms with E-state index in [1.165, 1.54) is 11.3 Å². The van der Waals surface area contributed by atoms with Crippen LogP contribution in [0, 0.1) is 0 Å². The lowest BCUT2D eigenvalue weighted by Crippen LogP contribution is -1.94. The summed E-state index contributed by atoms with van der Waals surface area (Å²) in [5.41, 5.74) is 2.02. The summed E-state index contributed by atoms with van der Waals surface area (Å²) in [5.74, 6) is 0.772. The zero-order valence-corrected chi connectivity index (χ0v) is 12.0. The SMILES string of the molecule is CCc1nn2c(C=O)c(-c3ccc(OC)cc3)nc2s1. The van der Waals surface area contributed by atoms with E-state index < -0.39 is 0 Å². The van der Waals surface area contributed by atoms with Gasteiger partial charge in [-0.3, -0.25) is 4.79 Å². The number of hydrogen-bond donors (Lipinski definition) is 0. The summed E-state index contributed by atoms with van der Waals surface area (Å²) in [5, 5.41) is 5.37.